The number of allylic oxidation sites excluding steroid dienone is 13. The number of aliphatic hydroxyl groups is 1. The molecule has 0 saturated heterocycles. The number of rotatable bonds is 43. The van der Waals surface area contributed by atoms with Gasteiger partial charge in [-0.25, -0.2) is 0 Å². The molecule has 0 aromatic carbocycles. The number of likely N-dealkylation sites (N-methyl/N-ethyl adjacent to an activating group) is 1. The molecule has 0 aliphatic heterocycles. The van der Waals surface area contributed by atoms with Crippen molar-refractivity contribution in [2.75, 3.05) is 40.9 Å². The maximum Gasteiger partial charge on any atom is 0.268 e. The lowest BCUT2D eigenvalue weighted by Gasteiger charge is -2.29. The monoisotopic (exact) mass is 873 g/mol. The third-order valence-corrected chi connectivity index (χ3v) is 11.3. The summed E-state index contributed by atoms with van der Waals surface area (Å²) in [4.78, 5) is 25.4. The second-order valence-electron chi connectivity index (χ2n) is 17.4. The number of aliphatic hydroxyl groups excluding tert-OH is 1. The zero-order chi connectivity index (χ0) is 45.0. The molecule has 3 unspecified atom stereocenters. The fourth-order valence-corrected chi connectivity index (χ4v) is 7.21. The van der Waals surface area contributed by atoms with Crippen molar-refractivity contribution in [1.29, 1.82) is 0 Å². The van der Waals surface area contributed by atoms with E-state index in [0.29, 0.717) is 17.4 Å². The van der Waals surface area contributed by atoms with E-state index in [0.717, 1.165) is 70.6 Å². The highest BCUT2D eigenvalue weighted by molar-refractivity contribution is 7.45. The molecule has 3 atom stereocenters. The second kappa shape index (κ2) is 43.0. The lowest BCUT2D eigenvalue weighted by atomic mass is 10.0. The molecule has 0 spiro atoms. The first-order valence-corrected chi connectivity index (χ1v) is 25.9. The first-order chi connectivity index (χ1) is 29.5. The number of carbonyl (C=O) groups is 1. The highest BCUT2D eigenvalue weighted by atomic mass is 31.2. The van der Waals surface area contributed by atoms with E-state index in [1.807, 2.05) is 27.2 Å². The van der Waals surface area contributed by atoms with Gasteiger partial charge in [0.2, 0.25) is 5.91 Å². The predicted molar refractivity (Wildman–Crippen MR) is 260 cm³/mol. The van der Waals surface area contributed by atoms with Crippen LogP contribution < -0.4 is 10.2 Å². The van der Waals surface area contributed by atoms with Gasteiger partial charge in [-0.15, -0.1) is 0 Å². The quantitative estimate of drug-likeness (QED) is 0.0273. The summed E-state index contributed by atoms with van der Waals surface area (Å²) in [6, 6.07) is -0.926. The summed E-state index contributed by atoms with van der Waals surface area (Å²) in [5, 5.41) is 13.8. The molecule has 0 saturated carbocycles. The van der Waals surface area contributed by atoms with Crippen molar-refractivity contribution < 1.29 is 32.9 Å². The normalized spacial score (nSPS) is 14.9. The molecule has 0 rings (SSSR count). The fourth-order valence-electron chi connectivity index (χ4n) is 6.49. The molecule has 0 aromatic heterocycles. The van der Waals surface area contributed by atoms with Gasteiger partial charge in [-0.3, -0.25) is 9.36 Å². The predicted octanol–water partition coefficient (Wildman–Crippen LogP) is 13.5. The lowest BCUT2D eigenvalue weighted by Crippen LogP contribution is -2.45. The van der Waals surface area contributed by atoms with Crippen molar-refractivity contribution in [3.63, 3.8) is 0 Å². The Bertz CT molecular complexity index is 1260. The van der Waals surface area contributed by atoms with Crippen LogP contribution in [0, 0.1) is 0 Å². The summed E-state index contributed by atoms with van der Waals surface area (Å²) in [7, 11) is 1.21. The Hall–Kier alpha value is -2.32. The zero-order valence-corrected chi connectivity index (χ0v) is 40.7. The summed E-state index contributed by atoms with van der Waals surface area (Å²) in [5.41, 5.74) is 0. The maximum absolute atomic E-state index is 12.9. The molecule has 0 aliphatic carbocycles. The van der Waals surface area contributed by atoms with Crippen LogP contribution in [0.5, 0.6) is 0 Å². The van der Waals surface area contributed by atoms with Crippen LogP contribution in [0.15, 0.2) is 85.1 Å². The fraction of sp³-hybridized carbons (Fsp3) is 0.712. The molecule has 0 aromatic rings. The third-order valence-electron chi connectivity index (χ3n) is 10.3. The van der Waals surface area contributed by atoms with Crippen LogP contribution in [0.2, 0.25) is 0 Å². The van der Waals surface area contributed by atoms with Gasteiger partial charge in [-0.2, -0.15) is 0 Å². The van der Waals surface area contributed by atoms with Crippen molar-refractivity contribution in [3.8, 4) is 0 Å². The van der Waals surface area contributed by atoms with Crippen LogP contribution in [0.3, 0.4) is 0 Å². The molecule has 8 nitrogen and oxygen atoms in total. The van der Waals surface area contributed by atoms with Gasteiger partial charge < -0.3 is 28.8 Å². The molecular weight excluding hydrogens is 780 g/mol. The van der Waals surface area contributed by atoms with Gasteiger partial charge in [0.05, 0.1) is 39.9 Å². The number of carbonyl (C=O) groups excluding carboxylic acids is 1. The van der Waals surface area contributed by atoms with Crippen molar-refractivity contribution in [2.45, 2.75) is 199 Å². The van der Waals surface area contributed by atoms with E-state index in [1.54, 1.807) is 6.08 Å². The molecule has 2 N–H and O–H groups in total. The molecule has 0 bridgehead atoms. The number of phosphoric acid groups is 1. The Balaban J connectivity index is 4.49. The molecule has 0 heterocycles. The molecule has 9 heteroatoms. The average molecular weight is 873 g/mol. The highest BCUT2D eigenvalue weighted by Crippen LogP contribution is 2.38. The molecule has 0 radical (unpaired) electrons. The standard InChI is InChI=1S/C52H93N2O6P/c1-6-8-10-12-14-16-18-20-22-24-26-28-29-31-33-35-37-39-41-43-45-51(55)50(49-60-61(57,58)59-48-47-54(3,4)5)53-52(56)46-44-42-40-38-36-34-32-30-27-25-23-21-19-17-15-13-11-9-7-2/h9,11,15,17,21,23,27,30,34-37,43,45,50-51,55H,6-8,10,12-14,16,18-20,22,24-26,28-29,31-33,38-42,44,46-49H2,1-5H3,(H-,53,56,57,58)/b11-9-,17-15-,23-21-,30-27-,36-34-,37-35+,45-43+. The summed E-state index contributed by atoms with van der Waals surface area (Å²) in [5.74, 6) is -0.242. The van der Waals surface area contributed by atoms with Gasteiger partial charge in [-0.1, -0.05) is 189 Å². The molecular formula is C52H93N2O6P. The molecule has 1 amide bonds. The minimum Gasteiger partial charge on any atom is -0.756 e. The van der Waals surface area contributed by atoms with E-state index in [4.69, 9.17) is 9.05 Å². The number of nitrogens with one attached hydrogen (secondary N) is 1. The number of hydrogen-bond acceptors (Lipinski definition) is 6. The smallest absolute Gasteiger partial charge is 0.268 e. The van der Waals surface area contributed by atoms with Crippen LogP contribution in [-0.2, 0) is 18.4 Å². The minimum atomic E-state index is -4.61. The summed E-state index contributed by atoms with van der Waals surface area (Å²) in [6.07, 6.45) is 59.3. The van der Waals surface area contributed by atoms with Crippen LogP contribution in [0.25, 0.3) is 0 Å². The Morgan fingerprint density at radius 2 is 1.02 bits per heavy atom. The second-order valence-corrected chi connectivity index (χ2v) is 18.8. The topological polar surface area (TPSA) is 108 Å². The largest absolute Gasteiger partial charge is 0.756 e. The van der Waals surface area contributed by atoms with Gasteiger partial charge in [-0.05, 0) is 77.0 Å². The van der Waals surface area contributed by atoms with E-state index >= 15 is 0 Å². The SMILES string of the molecule is CC/C=C\C/C=C\C/C=C\C/C=C\C/C=C\CCCCCC(=O)NC(COP(=O)([O-])OCC[N+](C)(C)C)C(O)/C=C/CC/C=C/CCCCCCCCCCCCCCCC. The average Bonchev–Trinajstić information content (AvgIpc) is 3.21. The Kier molecular flexibility index (Phi) is 41.3. The third kappa shape index (κ3) is 45.5. The van der Waals surface area contributed by atoms with Crippen molar-refractivity contribution >= 4 is 13.7 Å². The summed E-state index contributed by atoms with van der Waals surface area (Å²) in [6.45, 7) is 4.48. The van der Waals surface area contributed by atoms with E-state index in [-0.39, 0.29) is 18.9 Å². The minimum absolute atomic E-state index is 0.0176. The first kappa shape index (κ1) is 58.7. The molecule has 0 aliphatic rings. The number of nitrogens with zero attached hydrogens (tertiary/aromatic N) is 1. The molecule has 352 valence electrons. The van der Waals surface area contributed by atoms with Gasteiger partial charge in [0.25, 0.3) is 7.82 Å². The van der Waals surface area contributed by atoms with Crippen molar-refractivity contribution in [3.05, 3.63) is 85.1 Å². The van der Waals surface area contributed by atoms with E-state index < -0.39 is 26.6 Å². The Labute approximate surface area is 376 Å². The summed E-state index contributed by atoms with van der Waals surface area (Å²) >= 11 is 0. The van der Waals surface area contributed by atoms with Gasteiger partial charge in [0.15, 0.2) is 0 Å². The highest BCUT2D eigenvalue weighted by Gasteiger charge is 2.23. The van der Waals surface area contributed by atoms with Crippen molar-refractivity contribution in [1.82, 2.24) is 5.32 Å². The van der Waals surface area contributed by atoms with Crippen LogP contribution >= 0.6 is 7.82 Å². The van der Waals surface area contributed by atoms with E-state index in [1.165, 1.54) is 89.9 Å². The van der Waals surface area contributed by atoms with E-state index in [9.17, 15) is 19.4 Å². The first-order valence-electron chi connectivity index (χ1n) is 24.4. The van der Waals surface area contributed by atoms with E-state index in [2.05, 4.69) is 92.1 Å². The van der Waals surface area contributed by atoms with Crippen LogP contribution in [-0.4, -0.2) is 68.5 Å². The number of phosphoric ester groups is 1. The Morgan fingerprint density at radius 1 is 0.590 bits per heavy atom. The van der Waals surface area contributed by atoms with Crippen molar-refractivity contribution in [2.24, 2.45) is 0 Å². The number of amides is 1. The molecule has 0 fully saturated rings. The van der Waals surface area contributed by atoms with Gasteiger partial charge >= 0.3 is 0 Å². The van der Waals surface area contributed by atoms with Gasteiger partial charge in [0.1, 0.15) is 13.2 Å². The van der Waals surface area contributed by atoms with Gasteiger partial charge in [0, 0.05) is 6.42 Å². The Morgan fingerprint density at radius 3 is 1.52 bits per heavy atom. The van der Waals surface area contributed by atoms with Crippen LogP contribution in [0.1, 0.15) is 187 Å². The number of quaternary nitrogens is 1. The number of unbranched alkanes of at least 4 members (excludes halogenated alkanes) is 18. The summed E-state index contributed by atoms with van der Waals surface area (Å²) < 4.78 is 23.2. The zero-order valence-electron chi connectivity index (χ0n) is 39.8. The molecule has 61 heavy (non-hydrogen) atoms. The lowest BCUT2D eigenvalue weighted by molar-refractivity contribution is -0.870. The van der Waals surface area contributed by atoms with Crippen LogP contribution in [0.4, 0.5) is 0 Å². The number of hydrogen-bond donors (Lipinski definition) is 2. The maximum atomic E-state index is 12.9.